The second-order valence-electron chi connectivity index (χ2n) is 4.71. The molecule has 0 aliphatic carbocycles. The lowest BCUT2D eigenvalue weighted by atomic mass is 9.97. The number of rotatable bonds is 7. The Hall–Kier alpha value is -1.46. The zero-order chi connectivity index (χ0) is 14.5. The van der Waals surface area contributed by atoms with Gasteiger partial charge in [0.25, 0.3) is 0 Å². The van der Waals surface area contributed by atoms with Crippen molar-refractivity contribution in [1.29, 1.82) is 0 Å². The summed E-state index contributed by atoms with van der Waals surface area (Å²) in [5, 5.41) is 13.1. The van der Waals surface area contributed by atoms with Crippen molar-refractivity contribution in [2.45, 2.75) is 38.8 Å². The average Bonchev–Trinajstić information content (AvgIpc) is 2.40. The van der Waals surface area contributed by atoms with E-state index in [1.807, 2.05) is 13.8 Å². The maximum absolute atomic E-state index is 13.7. The number of halogens is 1. The maximum atomic E-state index is 13.7. The molecule has 0 aromatic heterocycles. The van der Waals surface area contributed by atoms with Crippen LogP contribution in [0.5, 0.6) is 0 Å². The topological polar surface area (TPSA) is 75.3 Å². The molecule has 0 heterocycles. The van der Waals surface area contributed by atoms with Crippen LogP contribution in [0.25, 0.3) is 0 Å². The predicted molar refractivity (Wildman–Crippen MR) is 72.2 cm³/mol. The predicted octanol–water partition coefficient (Wildman–Crippen LogP) is 1.57. The van der Waals surface area contributed by atoms with Gasteiger partial charge in [0.05, 0.1) is 5.60 Å². The number of amides is 1. The van der Waals surface area contributed by atoms with Crippen LogP contribution in [-0.4, -0.2) is 23.2 Å². The fourth-order valence-corrected chi connectivity index (χ4v) is 1.77. The first-order valence-corrected chi connectivity index (χ1v) is 6.43. The Morgan fingerprint density at radius 2 is 2.05 bits per heavy atom. The molecular weight excluding hydrogens is 247 g/mol. The lowest BCUT2D eigenvalue weighted by Gasteiger charge is -2.25. The summed E-state index contributed by atoms with van der Waals surface area (Å²) >= 11 is 0. The minimum absolute atomic E-state index is 0.153. The largest absolute Gasteiger partial charge is 0.389 e. The molecule has 0 aliphatic rings. The van der Waals surface area contributed by atoms with Crippen LogP contribution in [0.1, 0.15) is 42.6 Å². The van der Waals surface area contributed by atoms with E-state index < -0.39 is 17.3 Å². The molecule has 0 radical (unpaired) electrons. The molecule has 106 valence electrons. The fourth-order valence-electron chi connectivity index (χ4n) is 1.77. The minimum atomic E-state index is -0.760. The molecule has 4 nitrogen and oxygen atoms in total. The Bertz CT molecular complexity index is 445. The first-order chi connectivity index (χ1) is 8.91. The van der Waals surface area contributed by atoms with Crippen LogP contribution in [0.15, 0.2) is 18.2 Å². The van der Waals surface area contributed by atoms with E-state index in [0.29, 0.717) is 31.5 Å². The van der Waals surface area contributed by atoms with Crippen molar-refractivity contribution in [3.63, 3.8) is 0 Å². The van der Waals surface area contributed by atoms with Crippen LogP contribution in [0.3, 0.4) is 0 Å². The highest BCUT2D eigenvalue weighted by Crippen LogP contribution is 2.14. The molecule has 0 unspecified atom stereocenters. The molecule has 0 saturated heterocycles. The summed E-state index contributed by atoms with van der Waals surface area (Å²) in [6.45, 7) is 4.52. The number of nitrogens with two attached hydrogens (primary N) is 1. The summed E-state index contributed by atoms with van der Waals surface area (Å²) in [6, 6.07) is 4.15. The van der Waals surface area contributed by atoms with Crippen molar-refractivity contribution in [2.75, 3.05) is 6.54 Å². The average molecular weight is 268 g/mol. The highest BCUT2D eigenvalue weighted by Gasteiger charge is 2.21. The summed E-state index contributed by atoms with van der Waals surface area (Å²) in [7, 11) is 0. The van der Waals surface area contributed by atoms with E-state index in [4.69, 9.17) is 5.73 Å². The Balaban J connectivity index is 2.61. The molecule has 1 rings (SSSR count). The summed E-state index contributed by atoms with van der Waals surface area (Å²) in [5.74, 6) is -1.12. The van der Waals surface area contributed by atoms with Crippen LogP contribution in [0.4, 0.5) is 4.39 Å². The van der Waals surface area contributed by atoms with Crippen molar-refractivity contribution in [1.82, 2.24) is 5.32 Å². The van der Waals surface area contributed by atoms with Crippen LogP contribution < -0.4 is 11.1 Å². The third kappa shape index (κ3) is 4.29. The van der Waals surface area contributed by atoms with Crippen molar-refractivity contribution < 1.29 is 14.3 Å². The van der Waals surface area contributed by atoms with Gasteiger partial charge in [0.15, 0.2) is 0 Å². The number of aliphatic hydroxyl groups is 1. The Morgan fingerprint density at radius 3 is 2.53 bits per heavy atom. The van der Waals surface area contributed by atoms with Gasteiger partial charge in [0.2, 0.25) is 5.91 Å². The van der Waals surface area contributed by atoms with Crippen molar-refractivity contribution >= 4 is 5.91 Å². The van der Waals surface area contributed by atoms with E-state index >= 15 is 0 Å². The Kier molecular flexibility index (Phi) is 5.44. The molecule has 0 fully saturated rings. The van der Waals surface area contributed by atoms with Gasteiger partial charge >= 0.3 is 0 Å². The van der Waals surface area contributed by atoms with E-state index in [2.05, 4.69) is 5.32 Å². The highest BCUT2D eigenvalue weighted by molar-refractivity contribution is 5.92. The van der Waals surface area contributed by atoms with Gasteiger partial charge in [0.1, 0.15) is 5.82 Å². The van der Waals surface area contributed by atoms with E-state index in [1.54, 1.807) is 0 Å². The first-order valence-electron chi connectivity index (χ1n) is 6.43. The molecule has 0 bridgehead atoms. The van der Waals surface area contributed by atoms with Crippen molar-refractivity contribution in [3.8, 4) is 0 Å². The normalized spacial score (nSPS) is 11.6. The van der Waals surface area contributed by atoms with Crippen LogP contribution in [0, 0.1) is 5.82 Å². The minimum Gasteiger partial charge on any atom is -0.389 e. The molecule has 1 aromatic rings. The summed E-state index contributed by atoms with van der Waals surface area (Å²) < 4.78 is 13.7. The number of primary amides is 1. The molecular formula is C14H21FN2O2. The van der Waals surface area contributed by atoms with Gasteiger partial charge in [-0.25, -0.2) is 4.39 Å². The number of benzene rings is 1. The van der Waals surface area contributed by atoms with Gasteiger partial charge in [-0.1, -0.05) is 19.9 Å². The van der Waals surface area contributed by atoms with Crippen LogP contribution in [-0.2, 0) is 6.54 Å². The SMILES string of the molecule is CCC(O)(CC)CNCc1ccc(C(N)=O)cc1F. The van der Waals surface area contributed by atoms with Crippen molar-refractivity contribution in [3.05, 3.63) is 35.1 Å². The number of carbonyl (C=O) groups is 1. The monoisotopic (exact) mass is 268 g/mol. The first kappa shape index (κ1) is 15.6. The number of hydrogen-bond donors (Lipinski definition) is 3. The molecule has 4 N–H and O–H groups in total. The molecule has 0 atom stereocenters. The maximum Gasteiger partial charge on any atom is 0.248 e. The Labute approximate surface area is 112 Å². The van der Waals surface area contributed by atoms with E-state index in [1.165, 1.54) is 12.1 Å². The standard InChI is InChI=1S/C14H21FN2O2/c1-3-14(19,4-2)9-17-8-11-6-5-10(13(16)18)7-12(11)15/h5-7,17,19H,3-4,8-9H2,1-2H3,(H2,16,18). The van der Waals surface area contributed by atoms with Gasteiger partial charge in [-0.05, 0) is 25.0 Å². The van der Waals surface area contributed by atoms with Gasteiger partial charge in [-0.3, -0.25) is 4.79 Å². The summed E-state index contributed by atoms with van der Waals surface area (Å²) in [4.78, 5) is 10.9. The molecule has 5 heteroatoms. The quantitative estimate of drug-likeness (QED) is 0.702. The van der Waals surface area contributed by atoms with Gasteiger partial charge in [-0.2, -0.15) is 0 Å². The van der Waals surface area contributed by atoms with E-state index in [0.717, 1.165) is 6.07 Å². The number of nitrogens with one attached hydrogen (secondary N) is 1. The summed E-state index contributed by atoms with van der Waals surface area (Å²) in [6.07, 6.45) is 1.28. The van der Waals surface area contributed by atoms with Crippen LogP contribution >= 0.6 is 0 Å². The summed E-state index contributed by atoms with van der Waals surface area (Å²) in [5.41, 5.74) is 4.91. The van der Waals surface area contributed by atoms with Gasteiger partial charge < -0.3 is 16.2 Å². The van der Waals surface area contributed by atoms with Crippen LogP contribution in [0.2, 0.25) is 0 Å². The van der Waals surface area contributed by atoms with Crippen molar-refractivity contribution in [2.24, 2.45) is 5.73 Å². The third-order valence-electron chi connectivity index (χ3n) is 3.42. The zero-order valence-electron chi connectivity index (χ0n) is 11.4. The number of carbonyl (C=O) groups excluding carboxylic acids is 1. The second-order valence-corrected chi connectivity index (χ2v) is 4.71. The molecule has 0 spiro atoms. The Morgan fingerprint density at radius 1 is 1.42 bits per heavy atom. The van der Waals surface area contributed by atoms with Gasteiger partial charge in [-0.15, -0.1) is 0 Å². The molecule has 0 saturated carbocycles. The molecule has 1 aromatic carbocycles. The molecule has 0 aliphatic heterocycles. The van der Waals surface area contributed by atoms with Gasteiger partial charge in [0, 0.05) is 24.2 Å². The van der Waals surface area contributed by atoms with E-state index in [9.17, 15) is 14.3 Å². The lowest BCUT2D eigenvalue weighted by Crippen LogP contribution is -2.39. The highest BCUT2D eigenvalue weighted by atomic mass is 19.1. The fraction of sp³-hybridized carbons (Fsp3) is 0.500. The number of hydrogen-bond acceptors (Lipinski definition) is 3. The molecule has 19 heavy (non-hydrogen) atoms. The second kappa shape index (κ2) is 6.63. The third-order valence-corrected chi connectivity index (χ3v) is 3.42. The van der Waals surface area contributed by atoms with E-state index in [-0.39, 0.29) is 5.56 Å². The smallest absolute Gasteiger partial charge is 0.248 e. The lowest BCUT2D eigenvalue weighted by molar-refractivity contribution is 0.0322. The molecule has 1 amide bonds. The zero-order valence-corrected chi connectivity index (χ0v) is 11.4.